The van der Waals surface area contributed by atoms with Crippen molar-refractivity contribution in [2.75, 3.05) is 6.61 Å². The molecule has 0 heterocycles. The molecule has 0 aliphatic heterocycles. The van der Waals surface area contributed by atoms with E-state index in [0.717, 1.165) is 34.2 Å². The van der Waals surface area contributed by atoms with Gasteiger partial charge in [-0.2, -0.15) is 0 Å². The predicted molar refractivity (Wildman–Crippen MR) is 150 cm³/mol. The highest BCUT2D eigenvalue weighted by atomic mass is 35.5. The van der Waals surface area contributed by atoms with Gasteiger partial charge in [-0.1, -0.05) is 73.1 Å². The fraction of sp³-hybridized carbons (Fsp3) is 0.355. The first-order valence-electron chi connectivity index (χ1n) is 12.8. The van der Waals surface area contributed by atoms with Gasteiger partial charge in [-0.25, -0.2) is 0 Å². The van der Waals surface area contributed by atoms with Crippen molar-refractivity contribution in [3.8, 4) is 5.75 Å². The van der Waals surface area contributed by atoms with Crippen LogP contribution in [0, 0.1) is 20.8 Å². The Bertz CT molecular complexity index is 1210. The molecule has 0 aliphatic rings. The van der Waals surface area contributed by atoms with Crippen molar-refractivity contribution in [1.82, 2.24) is 10.2 Å². The van der Waals surface area contributed by atoms with Gasteiger partial charge >= 0.3 is 0 Å². The molecule has 6 heteroatoms. The topological polar surface area (TPSA) is 58.6 Å². The zero-order valence-electron chi connectivity index (χ0n) is 22.4. The summed E-state index contributed by atoms with van der Waals surface area (Å²) in [5.74, 6) is 0.201. The average Bonchev–Trinajstić information content (AvgIpc) is 2.88. The maximum absolute atomic E-state index is 13.8. The second kappa shape index (κ2) is 13.3. The third-order valence-electron chi connectivity index (χ3n) is 6.69. The second-order valence-electron chi connectivity index (χ2n) is 9.63. The largest absolute Gasteiger partial charge is 0.483 e. The lowest BCUT2D eigenvalue weighted by Gasteiger charge is -2.32. The molecular weight excluding hydrogens is 484 g/mol. The molecule has 1 N–H and O–H groups in total. The first-order chi connectivity index (χ1) is 17.7. The number of aryl methyl sites for hydroxylation is 2. The summed E-state index contributed by atoms with van der Waals surface area (Å²) in [6, 6.07) is 20.4. The zero-order valence-corrected chi connectivity index (χ0v) is 23.1. The summed E-state index contributed by atoms with van der Waals surface area (Å²) in [6.45, 7) is 9.99. The summed E-state index contributed by atoms with van der Waals surface area (Å²) < 4.78 is 6.04. The van der Waals surface area contributed by atoms with E-state index in [0.29, 0.717) is 17.2 Å². The molecule has 0 aliphatic carbocycles. The summed E-state index contributed by atoms with van der Waals surface area (Å²) in [5, 5.41) is 3.63. The van der Waals surface area contributed by atoms with E-state index in [2.05, 4.69) is 11.4 Å². The quantitative estimate of drug-likeness (QED) is 0.327. The molecule has 3 aromatic rings. The number of nitrogens with one attached hydrogen (secondary N) is 1. The van der Waals surface area contributed by atoms with Gasteiger partial charge in [-0.15, -0.1) is 0 Å². The van der Waals surface area contributed by atoms with Crippen molar-refractivity contribution < 1.29 is 14.3 Å². The first-order valence-corrected chi connectivity index (χ1v) is 13.1. The van der Waals surface area contributed by atoms with E-state index in [-0.39, 0.29) is 31.0 Å². The van der Waals surface area contributed by atoms with Crippen LogP contribution in [-0.4, -0.2) is 35.4 Å². The van der Waals surface area contributed by atoms with Gasteiger partial charge in [0.1, 0.15) is 11.8 Å². The van der Waals surface area contributed by atoms with Gasteiger partial charge in [0.25, 0.3) is 5.91 Å². The lowest BCUT2D eigenvalue weighted by Crippen LogP contribution is -2.53. The number of ether oxygens (including phenoxy) is 1. The molecule has 3 rings (SSSR count). The summed E-state index contributed by atoms with van der Waals surface area (Å²) >= 11 is 6.48. The molecule has 0 saturated carbocycles. The van der Waals surface area contributed by atoms with E-state index in [1.165, 1.54) is 0 Å². The van der Waals surface area contributed by atoms with Crippen molar-refractivity contribution in [3.05, 3.63) is 99.6 Å². The Hall–Kier alpha value is -3.31. The van der Waals surface area contributed by atoms with Crippen LogP contribution in [0.25, 0.3) is 0 Å². The maximum atomic E-state index is 13.8. The average molecular weight is 521 g/mol. The van der Waals surface area contributed by atoms with Crippen LogP contribution in [0.3, 0.4) is 0 Å². The monoisotopic (exact) mass is 520 g/mol. The Balaban J connectivity index is 1.96. The number of carbonyl (C=O) groups excluding carboxylic acids is 2. The van der Waals surface area contributed by atoms with Gasteiger partial charge in [0, 0.05) is 24.0 Å². The van der Waals surface area contributed by atoms with Gasteiger partial charge in [-0.05, 0) is 74.1 Å². The summed E-state index contributed by atoms with van der Waals surface area (Å²) in [5.41, 5.74) is 4.90. The molecule has 3 aromatic carbocycles. The summed E-state index contributed by atoms with van der Waals surface area (Å²) in [4.78, 5) is 29.0. The Morgan fingerprint density at radius 1 is 1.00 bits per heavy atom. The number of rotatable bonds is 11. The maximum Gasteiger partial charge on any atom is 0.261 e. The standard InChI is InChI=1S/C31H37ClN2O3/c1-6-23(4)33-31(36)28(18-25-12-8-7-9-13-25)34(19-26-14-10-11-15-27(26)32)30(35)20-37-29-17-21(2)16-22(3)24(29)5/h7-17,23,28H,6,18-20H2,1-5H3,(H,33,36)/t23-,28-/m0/s1. The Labute approximate surface area is 225 Å². The third kappa shape index (κ3) is 7.83. The summed E-state index contributed by atoms with van der Waals surface area (Å²) in [6.07, 6.45) is 1.17. The van der Waals surface area contributed by atoms with Crippen molar-refractivity contribution in [2.24, 2.45) is 0 Å². The van der Waals surface area contributed by atoms with Gasteiger partial charge in [0.15, 0.2) is 6.61 Å². The molecule has 5 nitrogen and oxygen atoms in total. The van der Waals surface area contributed by atoms with E-state index in [4.69, 9.17) is 16.3 Å². The van der Waals surface area contributed by atoms with Crippen LogP contribution in [0.2, 0.25) is 5.02 Å². The van der Waals surface area contributed by atoms with Crippen LogP contribution in [0.4, 0.5) is 0 Å². The number of amides is 2. The molecule has 0 bridgehead atoms. The van der Waals surface area contributed by atoms with E-state index in [9.17, 15) is 9.59 Å². The van der Waals surface area contributed by atoms with Crippen LogP contribution in [0.1, 0.15) is 48.1 Å². The SMILES string of the molecule is CC[C@H](C)NC(=O)[C@H](Cc1ccccc1)N(Cc1ccccc1Cl)C(=O)COc1cc(C)cc(C)c1C. The number of carbonyl (C=O) groups is 2. The lowest BCUT2D eigenvalue weighted by molar-refractivity contribution is -0.143. The number of nitrogens with zero attached hydrogens (tertiary/aromatic N) is 1. The van der Waals surface area contributed by atoms with Crippen molar-refractivity contribution in [2.45, 2.75) is 66.1 Å². The normalized spacial score (nSPS) is 12.5. The highest BCUT2D eigenvalue weighted by molar-refractivity contribution is 6.31. The first kappa shape index (κ1) is 28.3. The van der Waals surface area contributed by atoms with E-state index in [1.54, 1.807) is 11.0 Å². The molecule has 0 fully saturated rings. The molecule has 37 heavy (non-hydrogen) atoms. The van der Waals surface area contributed by atoms with Gasteiger partial charge in [0.2, 0.25) is 5.91 Å². The zero-order chi connectivity index (χ0) is 26.9. The minimum absolute atomic E-state index is 0.0165. The van der Waals surface area contributed by atoms with E-state index >= 15 is 0 Å². The Morgan fingerprint density at radius 3 is 2.35 bits per heavy atom. The number of hydrogen-bond acceptors (Lipinski definition) is 3. The molecule has 2 atom stereocenters. The van der Waals surface area contributed by atoms with Crippen LogP contribution < -0.4 is 10.1 Å². The number of halogens is 1. The fourth-order valence-electron chi connectivity index (χ4n) is 4.18. The molecule has 0 radical (unpaired) electrons. The molecule has 2 amide bonds. The van der Waals surface area contributed by atoms with Gasteiger partial charge in [-0.3, -0.25) is 9.59 Å². The second-order valence-corrected chi connectivity index (χ2v) is 10.0. The smallest absolute Gasteiger partial charge is 0.261 e. The molecule has 0 aromatic heterocycles. The Kier molecular flexibility index (Phi) is 10.2. The van der Waals surface area contributed by atoms with Gasteiger partial charge < -0.3 is 15.0 Å². The highest BCUT2D eigenvalue weighted by Gasteiger charge is 2.31. The molecule has 0 spiro atoms. The predicted octanol–water partition coefficient (Wildman–Crippen LogP) is 6.20. The minimum Gasteiger partial charge on any atom is -0.483 e. The lowest BCUT2D eigenvalue weighted by atomic mass is 10.0. The van der Waals surface area contributed by atoms with Crippen LogP contribution in [0.15, 0.2) is 66.7 Å². The van der Waals surface area contributed by atoms with Crippen LogP contribution in [-0.2, 0) is 22.6 Å². The minimum atomic E-state index is -0.732. The van der Waals surface area contributed by atoms with Gasteiger partial charge in [0.05, 0.1) is 0 Å². The summed E-state index contributed by atoms with van der Waals surface area (Å²) in [7, 11) is 0. The number of benzene rings is 3. The van der Waals surface area contributed by atoms with Crippen LogP contribution >= 0.6 is 11.6 Å². The third-order valence-corrected chi connectivity index (χ3v) is 7.05. The van der Waals surface area contributed by atoms with Crippen molar-refractivity contribution >= 4 is 23.4 Å². The Morgan fingerprint density at radius 2 is 1.68 bits per heavy atom. The van der Waals surface area contributed by atoms with Crippen LogP contribution in [0.5, 0.6) is 5.75 Å². The molecular formula is C31H37ClN2O3. The van der Waals surface area contributed by atoms with Crippen molar-refractivity contribution in [3.63, 3.8) is 0 Å². The molecule has 0 unspecified atom stereocenters. The highest BCUT2D eigenvalue weighted by Crippen LogP contribution is 2.24. The van der Waals surface area contributed by atoms with E-state index < -0.39 is 6.04 Å². The molecule has 0 saturated heterocycles. The fourth-order valence-corrected chi connectivity index (χ4v) is 4.37. The van der Waals surface area contributed by atoms with E-state index in [1.807, 2.05) is 89.2 Å². The van der Waals surface area contributed by atoms with Crippen molar-refractivity contribution in [1.29, 1.82) is 0 Å². The number of hydrogen-bond donors (Lipinski definition) is 1. The molecule has 196 valence electrons.